The molecule has 1 atom stereocenters. The van der Waals surface area contributed by atoms with Crippen LogP contribution in [0, 0.1) is 5.92 Å². The summed E-state index contributed by atoms with van der Waals surface area (Å²) >= 11 is 5.81. The number of carbonyl (C=O) groups is 1. The number of hydrogen-bond donors (Lipinski definition) is 1. The molecule has 5 heteroatoms. The van der Waals surface area contributed by atoms with E-state index in [9.17, 15) is 4.79 Å². The fourth-order valence-corrected chi connectivity index (χ4v) is 3.18. The molecule has 1 amide bonds. The van der Waals surface area contributed by atoms with Gasteiger partial charge in [0.2, 0.25) is 0 Å². The summed E-state index contributed by atoms with van der Waals surface area (Å²) < 4.78 is 5.27. The Morgan fingerprint density at radius 1 is 1.30 bits per heavy atom. The molecule has 4 rings (SSSR count). The second kappa shape index (κ2) is 6.02. The Kier molecular flexibility index (Phi) is 4.13. The topological polar surface area (TPSA) is 41.6 Å². The number of halogens is 1. The van der Waals surface area contributed by atoms with Gasteiger partial charge in [-0.05, 0) is 49.5 Å². The van der Waals surface area contributed by atoms with E-state index in [0.29, 0.717) is 10.9 Å². The first kappa shape index (κ1) is 13.7. The van der Waals surface area contributed by atoms with Crippen molar-refractivity contribution < 1.29 is 9.53 Å². The first-order valence-corrected chi connectivity index (χ1v) is 7.48. The van der Waals surface area contributed by atoms with Gasteiger partial charge >= 0.3 is 6.09 Å². The molecule has 3 aliphatic heterocycles. The van der Waals surface area contributed by atoms with Crippen LogP contribution < -0.4 is 5.32 Å². The van der Waals surface area contributed by atoms with Crippen molar-refractivity contribution in [2.75, 3.05) is 19.6 Å². The van der Waals surface area contributed by atoms with Crippen LogP contribution in [0.5, 0.6) is 0 Å². The average molecular weight is 295 g/mol. The Morgan fingerprint density at radius 3 is 2.60 bits per heavy atom. The third kappa shape index (κ3) is 3.25. The van der Waals surface area contributed by atoms with Gasteiger partial charge in [0, 0.05) is 17.6 Å². The van der Waals surface area contributed by atoms with E-state index in [1.807, 2.05) is 12.1 Å². The monoisotopic (exact) mass is 294 g/mol. The summed E-state index contributed by atoms with van der Waals surface area (Å²) in [6.45, 7) is 3.58. The van der Waals surface area contributed by atoms with Crippen LogP contribution in [0.2, 0.25) is 5.02 Å². The maximum absolute atomic E-state index is 11.8. The summed E-state index contributed by atoms with van der Waals surface area (Å²) in [5.74, 6) is 0.614. The molecule has 0 spiro atoms. The van der Waals surface area contributed by atoms with E-state index >= 15 is 0 Å². The maximum Gasteiger partial charge on any atom is 0.407 e. The standard InChI is InChI=1S/C15H19ClN2O2/c16-13-3-1-11(2-4-13)10-20-15(19)17-14-9-18-7-5-12(14)6-8-18/h1-4,12,14H,5-10H2,(H,17,19)/t14-/m0/s1. The molecule has 3 fully saturated rings. The summed E-state index contributed by atoms with van der Waals surface area (Å²) in [5.41, 5.74) is 0.943. The van der Waals surface area contributed by atoms with E-state index < -0.39 is 0 Å². The molecule has 20 heavy (non-hydrogen) atoms. The first-order chi connectivity index (χ1) is 9.70. The lowest BCUT2D eigenvalue weighted by Crippen LogP contribution is -2.57. The minimum atomic E-state index is -0.321. The van der Waals surface area contributed by atoms with Crippen molar-refractivity contribution >= 4 is 17.7 Å². The number of nitrogens with zero attached hydrogens (tertiary/aromatic N) is 1. The summed E-state index contributed by atoms with van der Waals surface area (Å²) in [6, 6.07) is 7.57. The lowest BCUT2D eigenvalue weighted by atomic mass is 9.84. The van der Waals surface area contributed by atoms with Crippen molar-refractivity contribution in [2.45, 2.75) is 25.5 Å². The highest BCUT2D eigenvalue weighted by Gasteiger charge is 2.35. The second-order valence-corrected chi connectivity index (χ2v) is 6.03. The zero-order valence-electron chi connectivity index (χ0n) is 11.3. The van der Waals surface area contributed by atoms with Crippen LogP contribution in [0.25, 0.3) is 0 Å². The van der Waals surface area contributed by atoms with Gasteiger partial charge in [0.25, 0.3) is 0 Å². The normalized spacial score (nSPS) is 28.1. The minimum absolute atomic E-state index is 0.246. The van der Waals surface area contributed by atoms with Gasteiger partial charge in [-0.25, -0.2) is 4.79 Å². The Bertz CT molecular complexity index is 469. The second-order valence-electron chi connectivity index (χ2n) is 5.59. The van der Waals surface area contributed by atoms with Crippen molar-refractivity contribution in [1.82, 2.24) is 10.2 Å². The predicted octanol–water partition coefficient (Wildman–Crippen LogP) is 2.66. The largest absolute Gasteiger partial charge is 0.445 e. The molecule has 1 N–H and O–H groups in total. The molecular weight excluding hydrogens is 276 g/mol. The van der Waals surface area contributed by atoms with Gasteiger partial charge in [-0.3, -0.25) is 0 Å². The molecule has 3 heterocycles. The van der Waals surface area contributed by atoms with E-state index in [1.54, 1.807) is 12.1 Å². The van der Waals surface area contributed by atoms with Gasteiger partial charge < -0.3 is 15.0 Å². The van der Waals surface area contributed by atoms with Crippen molar-refractivity contribution in [3.8, 4) is 0 Å². The smallest absolute Gasteiger partial charge is 0.407 e. The molecule has 1 aromatic carbocycles. The van der Waals surface area contributed by atoms with Gasteiger partial charge in [-0.15, -0.1) is 0 Å². The molecule has 0 saturated carbocycles. The number of carbonyl (C=O) groups excluding carboxylic acids is 1. The Morgan fingerprint density at radius 2 is 2.00 bits per heavy atom. The summed E-state index contributed by atoms with van der Waals surface area (Å²) in [7, 11) is 0. The summed E-state index contributed by atoms with van der Waals surface area (Å²) in [5, 5.41) is 3.69. The van der Waals surface area contributed by atoms with E-state index in [1.165, 1.54) is 25.9 Å². The lowest BCUT2D eigenvalue weighted by Gasteiger charge is -2.44. The summed E-state index contributed by atoms with van der Waals surface area (Å²) in [6.07, 6.45) is 2.04. The number of alkyl carbamates (subject to hydrolysis) is 1. The number of ether oxygens (including phenoxy) is 1. The van der Waals surface area contributed by atoms with Gasteiger partial charge in [-0.1, -0.05) is 23.7 Å². The zero-order valence-corrected chi connectivity index (χ0v) is 12.1. The highest BCUT2D eigenvalue weighted by atomic mass is 35.5. The van der Waals surface area contributed by atoms with Crippen molar-refractivity contribution in [2.24, 2.45) is 5.92 Å². The third-order valence-corrected chi connectivity index (χ3v) is 4.49. The van der Waals surface area contributed by atoms with Crippen LogP contribution in [0.15, 0.2) is 24.3 Å². The molecule has 108 valence electrons. The molecule has 0 aromatic heterocycles. The SMILES string of the molecule is O=C(N[C@H]1CN2CCC1CC2)OCc1ccc(Cl)cc1. The molecule has 0 aliphatic carbocycles. The number of amides is 1. The van der Waals surface area contributed by atoms with Crippen LogP contribution in [-0.4, -0.2) is 36.7 Å². The minimum Gasteiger partial charge on any atom is -0.445 e. The van der Waals surface area contributed by atoms with Gasteiger partial charge in [0.1, 0.15) is 6.61 Å². The van der Waals surface area contributed by atoms with Crippen molar-refractivity contribution in [3.63, 3.8) is 0 Å². The average Bonchev–Trinajstić information content (AvgIpc) is 2.48. The fraction of sp³-hybridized carbons (Fsp3) is 0.533. The maximum atomic E-state index is 11.8. The van der Waals surface area contributed by atoms with Crippen LogP contribution >= 0.6 is 11.6 Å². The fourth-order valence-electron chi connectivity index (χ4n) is 3.05. The molecule has 0 unspecified atom stereocenters. The van der Waals surface area contributed by atoms with E-state index in [0.717, 1.165) is 12.1 Å². The quantitative estimate of drug-likeness (QED) is 0.932. The molecule has 2 bridgehead atoms. The third-order valence-electron chi connectivity index (χ3n) is 4.24. The van der Waals surface area contributed by atoms with E-state index in [-0.39, 0.29) is 18.7 Å². The highest BCUT2D eigenvalue weighted by molar-refractivity contribution is 6.30. The number of fused-ring (bicyclic) bond motifs is 3. The van der Waals surface area contributed by atoms with Crippen molar-refractivity contribution in [1.29, 1.82) is 0 Å². The molecule has 1 aromatic rings. The lowest BCUT2D eigenvalue weighted by molar-refractivity contribution is 0.0642. The molecular formula is C15H19ClN2O2. The Labute approximate surface area is 124 Å². The Hall–Kier alpha value is -1.26. The van der Waals surface area contributed by atoms with Gasteiger partial charge in [0.05, 0.1) is 0 Å². The van der Waals surface area contributed by atoms with E-state index in [4.69, 9.17) is 16.3 Å². The molecule has 4 nitrogen and oxygen atoms in total. The molecule has 3 aliphatic rings. The van der Waals surface area contributed by atoms with Crippen molar-refractivity contribution in [3.05, 3.63) is 34.9 Å². The van der Waals surface area contributed by atoms with E-state index in [2.05, 4.69) is 10.2 Å². The molecule has 0 radical (unpaired) electrons. The Balaban J connectivity index is 1.46. The van der Waals surface area contributed by atoms with Crippen LogP contribution in [0.3, 0.4) is 0 Å². The van der Waals surface area contributed by atoms with Crippen LogP contribution in [0.4, 0.5) is 4.79 Å². The number of hydrogen-bond acceptors (Lipinski definition) is 3. The number of nitrogens with one attached hydrogen (secondary N) is 1. The van der Waals surface area contributed by atoms with Gasteiger partial charge in [-0.2, -0.15) is 0 Å². The number of benzene rings is 1. The van der Waals surface area contributed by atoms with Crippen LogP contribution in [-0.2, 0) is 11.3 Å². The number of rotatable bonds is 3. The first-order valence-electron chi connectivity index (χ1n) is 7.11. The summed E-state index contributed by atoms with van der Waals surface area (Å²) in [4.78, 5) is 14.3. The van der Waals surface area contributed by atoms with Gasteiger partial charge in [0.15, 0.2) is 0 Å². The molecule has 3 saturated heterocycles. The number of piperidine rings is 3. The predicted molar refractivity (Wildman–Crippen MR) is 77.7 cm³/mol. The zero-order chi connectivity index (χ0) is 13.9. The highest BCUT2D eigenvalue weighted by Crippen LogP contribution is 2.27. The van der Waals surface area contributed by atoms with Crippen LogP contribution in [0.1, 0.15) is 18.4 Å².